The number of carbonyl (C=O) groups excluding carboxylic acids is 1. The van der Waals surface area contributed by atoms with E-state index in [0.717, 1.165) is 18.6 Å². The molecule has 0 heterocycles. The molecule has 3 N–H and O–H groups in total. The lowest BCUT2D eigenvalue weighted by atomic mass is 10.1. The van der Waals surface area contributed by atoms with E-state index < -0.39 is 11.7 Å². The van der Waals surface area contributed by atoms with E-state index >= 15 is 0 Å². The zero-order valence-corrected chi connectivity index (χ0v) is 12.3. The molecule has 1 amide bonds. The summed E-state index contributed by atoms with van der Waals surface area (Å²) in [6, 6.07) is 3.11. The fourth-order valence-corrected chi connectivity index (χ4v) is 1.74. The molecule has 0 aliphatic rings. The molecular weight excluding hydrogens is 283 g/mol. The molecule has 1 rings (SSSR count). The molecular formula is C14H20F3N3O. The largest absolute Gasteiger partial charge is 0.416 e. The summed E-state index contributed by atoms with van der Waals surface area (Å²) < 4.78 is 37.5. The summed E-state index contributed by atoms with van der Waals surface area (Å²) in [6.07, 6.45) is -3.56. The Morgan fingerprint density at radius 1 is 1.43 bits per heavy atom. The predicted octanol–water partition coefficient (Wildman–Crippen LogP) is 2.96. The van der Waals surface area contributed by atoms with Crippen molar-refractivity contribution < 1.29 is 18.0 Å². The first-order valence-electron chi connectivity index (χ1n) is 6.62. The van der Waals surface area contributed by atoms with Gasteiger partial charge in [0.2, 0.25) is 5.91 Å². The Kier molecular flexibility index (Phi) is 5.60. The van der Waals surface area contributed by atoms with Crippen molar-refractivity contribution in [3.8, 4) is 0 Å². The lowest BCUT2D eigenvalue weighted by Crippen LogP contribution is -2.36. The molecule has 4 nitrogen and oxygen atoms in total. The predicted molar refractivity (Wildman–Crippen MR) is 76.9 cm³/mol. The first-order chi connectivity index (χ1) is 9.65. The summed E-state index contributed by atoms with van der Waals surface area (Å²) in [7, 11) is 1.81. The maximum Gasteiger partial charge on any atom is 0.416 e. The average Bonchev–Trinajstić information content (AvgIpc) is 2.38. The third kappa shape index (κ3) is 4.93. The van der Waals surface area contributed by atoms with Gasteiger partial charge in [-0.15, -0.1) is 0 Å². The van der Waals surface area contributed by atoms with Crippen LogP contribution >= 0.6 is 0 Å². The van der Waals surface area contributed by atoms with Crippen LogP contribution in [-0.4, -0.2) is 30.4 Å². The molecule has 0 saturated heterocycles. The summed E-state index contributed by atoms with van der Waals surface area (Å²) in [5, 5.41) is 2.53. The third-order valence-corrected chi connectivity index (χ3v) is 3.39. The van der Waals surface area contributed by atoms with Gasteiger partial charge in [-0.25, -0.2) is 0 Å². The number of carbonyl (C=O) groups is 1. The van der Waals surface area contributed by atoms with Crippen LogP contribution in [0.25, 0.3) is 0 Å². The van der Waals surface area contributed by atoms with Gasteiger partial charge in [-0.2, -0.15) is 13.2 Å². The molecule has 1 unspecified atom stereocenters. The molecule has 7 heteroatoms. The Morgan fingerprint density at radius 3 is 2.52 bits per heavy atom. The molecule has 1 aromatic rings. The smallest absolute Gasteiger partial charge is 0.397 e. The molecule has 0 bridgehead atoms. The summed E-state index contributed by atoms with van der Waals surface area (Å²) in [6.45, 7) is 4.14. The molecule has 1 atom stereocenters. The Balaban J connectivity index is 2.73. The van der Waals surface area contributed by atoms with Gasteiger partial charge in [-0.05, 0) is 38.6 Å². The normalized spacial score (nSPS) is 13.3. The van der Waals surface area contributed by atoms with E-state index in [9.17, 15) is 18.0 Å². The Morgan fingerprint density at radius 2 is 2.05 bits per heavy atom. The van der Waals surface area contributed by atoms with E-state index in [4.69, 9.17) is 5.73 Å². The number of alkyl halides is 3. The Hall–Kier alpha value is -1.76. The quantitative estimate of drug-likeness (QED) is 0.822. The van der Waals surface area contributed by atoms with Crippen molar-refractivity contribution in [1.29, 1.82) is 0 Å². The number of nitrogens with two attached hydrogens (primary N) is 1. The summed E-state index contributed by atoms with van der Waals surface area (Å²) in [5.74, 6) is -0.316. The van der Waals surface area contributed by atoms with E-state index in [1.807, 2.05) is 25.8 Å². The molecule has 118 valence electrons. The number of amides is 1. The van der Waals surface area contributed by atoms with Crippen molar-refractivity contribution in [2.75, 3.05) is 24.6 Å². The highest BCUT2D eigenvalue weighted by Gasteiger charge is 2.30. The average molecular weight is 303 g/mol. The second kappa shape index (κ2) is 6.80. The zero-order valence-electron chi connectivity index (χ0n) is 12.3. The van der Waals surface area contributed by atoms with E-state index in [-0.39, 0.29) is 29.9 Å². The second-order valence-corrected chi connectivity index (χ2v) is 5.02. The number of halogens is 3. The summed E-state index contributed by atoms with van der Waals surface area (Å²) in [5.41, 5.74) is 4.80. The lowest BCUT2D eigenvalue weighted by molar-refractivity contribution is -0.137. The lowest BCUT2D eigenvalue weighted by Gasteiger charge is -2.22. The van der Waals surface area contributed by atoms with Gasteiger partial charge in [0.05, 0.1) is 23.5 Å². The second-order valence-electron chi connectivity index (χ2n) is 5.02. The van der Waals surface area contributed by atoms with E-state index in [0.29, 0.717) is 0 Å². The molecule has 0 saturated carbocycles. The molecule has 1 aromatic carbocycles. The van der Waals surface area contributed by atoms with Gasteiger partial charge in [-0.1, -0.05) is 6.92 Å². The molecule has 21 heavy (non-hydrogen) atoms. The highest BCUT2D eigenvalue weighted by Crippen LogP contribution is 2.32. The minimum atomic E-state index is -4.45. The number of likely N-dealkylation sites (N-methyl/N-ethyl adjacent to an activating group) is 1. The van der Waals surface area contributed by atoms with Gasteiger partial charge in [-0.3, -0.25) is 9.69 Å². The van der Waals surface area contributed by atoms with Crippen LogP contribution < -0.4 is 11.1 Å². The van der Waals surface area contributed by atoms with Gasteiger partial charge in [0.25, 0.3) is 0 Å². The van der Waals surface area contributed by atoms with Crippen molar-refractivity contribution in [2.24, 2.45) is 0 Å². The van der Waals surface area contributed by atoms with Crippen molar-refractivity contribution in [3.63, 3.8) is 0 Å². The maximum atomic E-state index is 12.5. The number of anilines is 2. The van der Waals surface area contributed by atoms with Gasteiger partial charge >= 0.3 is 6.18 Å². The van der Waals surface area contributed by atoms with Crippen molar-refractivity contribution in [1.82, 2.24) is 4.90 Å². The highest BCUT2D eigenvalue weighted by molar-refractivity contribution is 5.95. The number of rotatable bonds is 5. The number of nitrogen functional groups attached to an aromatic ring is 1. The van der Waals surface area contributed by atoms with E-state index in [2.05, 4.69) is 5.32 Å². The monoisotopic (exact) mass is 303 g/mol. The van der Waals surface area contributed by atoms with Gasteiger partial charge in [0, 0.05) is 6.04 Å². The number of nitrogens with zero attached hydrogens (tertiary/aromatic N) is 1. The number of hydrogen-bond donors (Lipinski definition) is 2. The van der Waals surface area contributed by atoms with Crippen LogP contribution in [0.1, 0.15) is 25.8 Å². The zero-order chi connectivity index (χ0) is 16.2. The van der Waals surface area contributed by atoms with Crippen LogP contribution in [0.4, 0.5) is 24.5 Å². The topological polar surface area (TPSA) is 58.4 Å². The SMILES string of the molecule is CCC(C)N(C)CC(=O)Nc1ccc(C(F)(F)F)cc1N. The highest BCUT2D eigenvalue weighted by atomic mass is 19.4. The fourth-order valence-electron chi connectivity index (χ4n) is 1.74. The van der Waals surface area contributed by atoms with Crippen LogP contribution in [0.3, 0.4) is 0 Å². The van der Waals surface area contributed by atoms with Gasteiger partial charge in [0.1, 0.15) is 0 Å². The molecule has 0 aliphatic heterocycles. The minimum Gasteiger partial charge on any atom is -0.397 e. The summed E-state index contributed by atoms with van der Waals surface area (Å²) >= 11 is 0. The molecule has 0 radical (unpaired) electrons. The number of nitrogens with one attached hydrogen (secondary N) is 1. The summed E-state index contributed by atoms with van der Waals surface area (Å²) in [4.78, 5) is 13.7. The number of benzene rings is 1. The fraction of sp³-hybridized carbons (Fsp3) is 0.500. The van der Waals surface area contributed by atoms with Crippen LogP contribution in [0.2, 0.25) is 0 Å². The van der Waals surface area contributed by atoms with Crippen LogP contribution in [0.5, 0.6) is 0 Å². The molecule has 0 spiro atoms. The van der Waals surface area contributed by atoms with Crippen molar-refractivity contribution in [2.45, 2.75) is 32.5 Å². The molecule has 0 aromatic heterocycles. The maximum absolute atomic E-state index is 12.5. The first kappa shape index (κ1) is 17.3. The van der Waals surface area contributed by atoms with E-state index in [1.165, 1.54) is 6.07 Å². The standard InChI is InChI=1S/C14H20F3N3O/c1-4-9(2)20(3)8-13(21)19-12-6-5-10(7-11(12)18)14(15,16)17/h5-7,9H,4,8,18H2,1-3H3,(H,19,21). The Bertz CT molecular complexity index is 503. The minimum absolute atomic E-state index is 0.107. The molecule has 0 aliphatic carbocycles. The Labute approximate surface area is 122 Å². The van der Waals surface area contributed by atoms with Crippen LogP contribution in [-0.2, 0) is 11.0 Å². The van der Waals surface area contributed by atoms with Crippen molar-refractivity contribution >= 4 is 17.3 Å². The van der Waals surface area contributed by atoms with Crippen LogP contribution in [0.15, 0.2) is 18.2 Å². The third-order valence-electron chi connectivity index (χ3n) is 3.39. The van der Waals surface area contributed by atoms with Crippen LogP contribution in [0, 0.1) is 0 Å². The number of hydrogen-bond acceptors (Lipinski definition) is 3. The van der Waals surface area contributed by atoms with Gasteiger partial charge in [0.15, 0.2) is 0 Å². The molecule has 0 fully saturated rings. The van der Waals surface area contributed by atoms with Crippen molar-refractivity contribution in [3.05, 3.63) is 23.8 Å². The first-order valence-corrected chi connectivity index (χ1v) is 6.62. The van der Waals surface area contributed by atoms with E-state index in [1.54, 1.807) is 0 Å². The van der Waals surface area contributed by atoms with Gasteiger partial charge < -0.3 is 11.1 Å².